The zero-order chi connectivity index (χ0) is 16.6. The maximum absolute atomic E-state index is 10.0. The van der Waals surface area contributed by atoms with Crippen LogP contribution < -0.4 is 0 Å². The number of aliphatic hydroxyl groups is 2. The highest BCUT2D eigenvalue weighted by Crippen LogP contribution is 2.20. The molecule has 0 rings (SSSR count). The minimum atomic E-state index is -0.349. The third kappa shape index (κ3) is 12.5. The molecule has 2 heteroatoms. The SMILES string of the molecule is CCCCCCCCCCCCCC[C@H](C)[C@@H](O)[C@@H](C)CO. The van der Waals surface area contributed by atoms with Crippen molar-refractivity contribution in [3.8, 4) is 0 Å². The number of unbranched alkanes of at least 4 members (excludes halogenated alkanes) is 11. The topological polar surface area (TPSA) is 40.5 Å². The smallest absolute Gasteiger partial charge is 0.0613 e. The summed E-state index contributed by atoms with van der Waals surface area (Å²) in [5, 5.41) is 19.1. The van der Waals surface area contributed by atoms with E-state index in [1.165, 1.54) is 77.0 Å². The Balaban J connectivity index is 3.26. The molecule has 0 aliphatic carbocycles. The molecule has 0 amide bonds. The van der Waals surface area contributed by atoms with Gasteiger partial charge in [-0.2, -0.15) is 0 Å². The molecule has 0 spiro atoms. The third-order valence-corrected chi connectivity index (χ3v) is 4.97. The minimum absolute atomic E-state index is 0.00678. The molecular weight excluding hydrogens is 272 g/mol. The highest BCUT2D eigenvalue weighted by Gasteiger charge is 2.19. The van der Waals surface area contributed by atoms with Gasteiger partial charge in [0.15, 0.2) is 0 Å². The summed E-state index contributed by atoms with van der Waals surface area (Å²) in [5.74, 6) is 0.317. The second-order valence-electron chi connectivity index (χ2n) is 7.31. The van der Waals surface area contributed by atoms with Crippen LogP contribution >= 0.6 is 0 Å². The monoisotopic (exact) mass is 314 g/mol. The first-order chi connectivity index (χ1) is 10.6. The van der Waals surface area contributed by atoms with Gasteiger partial charge in [-0.3, -0.25) is 0 Å². The first-order valence-corrected chi connectivity index (χ1v) is 9.92. The van der Waals surface area contributed by atoms with E-state index in [9.17, 15) is 5.11 Å². The molecule has 0 heterocycles. The Labute approximate surface area is 139 Å². The zero-order valence-corrected chi connectivity index (χ0v) is 15.5. The van der Waals surface area contributed by atoms with Crippen LogP contribution in [0, 0.1) is 11.8 Å². The summed E-state index contributed by atoms with van der Waals surface area (Å²) >= 11 is 0. The van der Waals surface area contributed by atoms with Crippen LogP contribution in [-0.2, 0) is 0 Å². The van der Waals surface area contributed by atoms with Gasteiger partial charge in [0.05, 0.1) is 6.10 Å². The lowest BCUT2D eigenvalue weighted by atomic mass is 9.89. The van der Waals surface area contributed by atoms with Gasteiger partial charge in [-0.25, -0.2) is 0 Å². The van der Waals surface area contributed by atoms with E-state index in [-0.39, 0.29) is 18.6 Å². The van der Waals surface area contributed by atoms with Gasteiger partial charge in [0.2, 0.25) is 0 Å². The number of hydrogen-bond acceptors (Lipinski definition) is 2. The van der Waals surface area contributed by atoms with Gasteiger partial charge < -0.3 is 10.2 Å². The molecule has 2 N–H and O–H groups in total. The van der Waals surface area contributed by atoms with E-state index in [1.807, 2.05) is 6.92 Å². The summed E-state index contributed by atoms with van der Waals surface area (Å²) in [6, 6.07) is 0. The van der Waals surface area contributed by atoms with Gasteiger partial charge in [0, 0.05) is 12.5 Å². The summed E-state index contributed by atoms with van der Waals surface area (Å²) in [5.41, 5.74) is 0. The van der Waals surface area contributed by atoms with Crippen molar-refractivity contribution >= 4 is 0 Å². The van der Waals surface area contributed by atoms with Gasteiger partial charge in [-0.1, -0.05) is 97.8 Å². The van der Waals surface area contributed by atoms with Crippen LogP contribution in [0.1, 0.15) is 104 Å². The average molecular weight is 315 g/mol. The Morgan fingerprint density at radius 1 is 0.636 bits per heavy atom. The minimum Gasteiger partial charge on any atom is -0.396 e. The molecule has 0 aromatic carbocycles. The molecule has 22 heavy (non-hydrogen) atoms. The summed E-state index contributed by atoms with van der Waals surface area (Å²) < 4.78 is 0. The second-order valence-corrected chi connectivity index (χ2v) is 7.31. The summed E-state index contributed by atoms with van der Waals surface area (Å²) in [6.07, 6.45) is 17.2. The molecule has 0 aliphatic heterocycles. The zero-order valence-electron chi connectivity index (χ0n) is 15.5. The Morgan fingerprint density at radius 2 is 1.05 bits per heavy atom. The third-order valence-electron chi connectivity index (χ3n) is 4.97. The normalized spacial score (nSPS) is 15.7. The highest BCUT2D eigenvalue weighted by molar-refractivity contribution is 4.70. The largest absolute Gasteiger partial charge is 0.396 e. The van der Waals surface area contributed by atoms with E-state index < -0.39 is 0 Å². The number of rotatable bonds is 16. The Bertz CT molecular complexity index is 218. The van der Waals surface area contributed by atoms with E-state index in [4.69, 9.17) is 5.11 Å². The standard InChI is InChI=1S/C20H42O2/c1-4-5-6-7-8-9-10-11-12-13-14-15-16-18(2)20(22)19(3)17-21/h18-22H,4-17H2,1-3H3/t18-,19-,20+/m0/s1. The van der Waals surface area contributed by atoms with Gasteiger partial charge in [-0.05, 0) is 12.3 Å². The van der Waals surface area contributed by atoms with Crippen LogP contribution in [0.25, 0.3) is 0 Å². The molecule has 0 fully saturated rings. The molecule has 134 valence electrons. The van der Waals surface area contributed by atoms with Crippen molar-refractivity contribution in [2.45, 2.75) is 110 Å². The molecule has 0 aliphatic rings. The molecule has 0 saturated carbocycles. The van der Waals surface area contributed by atoms with Gasteiger partial charge >= 0.3 is 0 Å². The molecule has 0 bridgehead atoms. The van der Waals surface area contributed by atoms with Crippen molar-refractivity contribution in [2.24, 2.45) is 11.8 Å². The van der Waals surface area contributed by atoms with Crippen molar-refractivity contribution in [1.82, 2.24) is 0 Å². The average Bonchev–Trinajstić information content (AvgIpc) is 2.54. The van der Waals surface area contributed by atoms with Gasteiger partial charge in [0.1, 0.15) is 0 Å². The summed E-state index contributed by atoms with van der Waals surface area (Å²) in [7, 11) is 0. The number of aliphatic hydroxyl groups excluding tert-OH is 2. The van der Waals surface area contributed by atoms with Crippen molar-refractivity contribution < 1.29 is 10.2 Å². The van der Waals surface area contributed by atoms with Crippen LogP contribution in [-0.4, -0.2) is 22.9 Å². The fourth-order valence-corrected chi connectivity index (χ4v) is 3.15. The summed E-state index contributed by atoms with van der Waals surface area (Å²) in [6.45, 7) is 6.39. The van der Waals surface area contributed by atoms with Crippen molar-refractivity contribution in [3.63, 3.8) is 0 Å². The number of hydrogen-bond donors (Lipinski definition) is 2. The van der Waals surface area contributed by atoms with E-state index in [0.29, 0.717) is 5.92 Å². The van der Waals surface area contributed by atoms with E-state index in [2.05, 4.69) is 13.8 Å². The van der Waals surface area contributed by atoms with Crippen LogP contribution in [0.5, 0.6) is 0 Å². The molecule has 0 aromatic heterocycles. The maximum Gasteiger partial charge on any atom is 0.0613 e. The van der Waals surface area contributed by atoms with Crippen LogP contribution in [0.3, 0.4) is 0 Å². The van der Waals surface area contributed by atoms with Crippen molar-refractivity contribution in [3.05, 3.63) is 0 Å². The lowest BCUT2D eigenvalue weighted by Crippen LogP contribution is -2.27. The lowest BCUT2D eigenvalue weighted by Gasteiger charge is -2.23. The molecular formula is C20H42O2. The predicted octanol–water partition coefficient (Wildman–Crippen LogP) is 5.70. The highest BCUT2D eigenvalue weighted by atomic mass is 16.3. The molecule has 0 radical (unpaired) electrons. The lowest BCUT2D eigenvalue weighted by molar-refractivity contribution is 0.0331. The predicted molar refractivity (Wildman–Crippen MR) is 97.1 cm³/mol. The molecule has 3 atom stereocenters. The van der Waals surface area contributed by atoms with E-state index in [0.717, 1.165) is 6.42 Å². The first-order valence-electron chi connectivity index (χ1n) is 9.92. The summed E-state index contributed by atoms with van der Waals surface area (Å²) in [4.78, 5) is 0. The quantitative estimate of drug-likeness (QED) is 0.359. The van der Waals surface area contributed by atoms with Crippen molar-refractivity contribution in [2.75, 3.05) is 6.61 Å². The van der Waals surface area contributed by atoms with E-state index >= 15 is 0 Å². The molecule has 0 unspecified atom stereocenters. The van der Waals surface area contributed by atoms with Crippen molar-refractivity contribution in [1.29, 1.82) is 0 Å². The molecule has 2 nitrogen and oxygen atoms in total. The Kier molecular flexibility index (Phi) is 15.7. The van der Waals surface area contributed by atoms with Crippen LogP contribution in [0.2, 0.25) is 0 Å². The second kappa shape index (κ2) is 15.8. The van der Waals surface area contributed by atoms with Crippen LogP contribution in [0.4, 0.5) is 0 Å². The Hall–Kier alpha value is -0.0800. The molecule has 0 saturated heterocycles. The first kappa shape index (κ1) is 21.9. The van der Waals surface area contributed by atoms with E-state index in [1.54, 1.807) is 0 Å². The van der Waals surface area contributed by atoms with Gasteiger partial charge in [-0.15, -0.1) is 0 Å². The fourth-order valence-electron chi connectivity index (χ4n) is 3.15. The molecule has 0 aromatic rings. The Morgan fingerprint density at radius 3 is 1.45 bits per heavy atom. The van der Waals surface area contributed by atoms with Gasteiger partial charge in [0.25, 0.3) is 0 Å². The maximum atomic E-state index is 10.0. The van der Waals surface area contributed by atoms with Crippen LogP contribution in [0.15, 0.2) is 0 Å². The fraction of sp³-hybridized carbons (Fsp3) is 1.00.